The third-order valence-corrected chi connectivity index (χ3v) is 2.37. The molecule has 2 rings (SSSR count). The molecule has 1 aliphatic heterocycles. The zero-order chi connectivity index (χ0) is 12.4. The molecule has 0 saturated carbocycles. The fourth-order valence-electron chi connectivity index (χ4n) is 1.41. The van der Waals surface area contributed by atoms with Gasteiger partial charge in [-0.05, 0) is 0 Å². The van der Waals surface area contributed by atoms with Crippen LogP contribution in [0, 0.1) is 0 Å². The van der Waals surface area contributed by atoms with Crippen LogP contribution < -0.4 is 16.0 Å². The van der Waals surface area contributed by atoms with Gasteiger partial charge in [0.1, 0.15) is 16.5 Å². The zero-order valence-electron chi connectivity index (χ0n) is 8.71. The summed E-state index contributed by atoms with van der Waals surface area (Å²) >= 11 is 4.74. The van der Waals surface area contributed by atoms with Gasteiger partial charge in [0.05, 0.1) is 25.5 Å². The standard InChI is InChI=1S/C9H9N5O2S/c10-9(17)5-1-12-6(2-11-5)14-3-7(15)13-8(16)4-14/h1-2H,3-4H2,(H2,10,17)(H,13,15,16). The summed E-state index contributed by atoms with van der Waals surface area (Å²) in [5.74, 6) is -0.281. The molecular weight excluding hydrogens is 242 g/mol. The zero-order valence-corrected chi connectivity index (χ0v) is 9.53. The lowest BCUT2D eigenvalue weighted by molar-refractivity contribution is -0.130. The first-order chi connectivity index (χ1) is 8.06. The monoisotopic (exact) mass is 251 g/mol. The van der Waals surface area contributed by atoms with E-state index in [0.717, 1.165) is 0 Å². The SMILES string of the molecule is NC(=S)c1cnc(N2CC(=O)NC(=O)C2)cn1. The summed E-state index contributed by atoms with van der Waals surface area (Å²) in [7, 11) is 0. The van der Waals surface area contributed by atoms with Gasteiger partial charge in [0.15, 0.2) is 0 Å². The van der Waals surface area contributed by atoms with Crippen LogP contribution >= 0.6 is 12.2 Å². The molecule has 1 aromatic heterocycles. The predicted octanol–water partition coefficient (Wildman–Crippen LogP) is -1.43. The maximum absolute atomic E-state index is 11.2. The van der Waals surface area contributed by atoms with Crippen LogP contribution in [-0.2, 0) is 9.59 Å². The number of anilines is 1. The molecule has 1 fully saturated rings. The molecule has 2 heterocycles. The number of nitrogens with two attached hydrogens (primary N) is 1. The van der Waals surface area contributed by atoms with E-state index < -0.39 is 0 Å². The topological polar surface area (TPSA) is 101 Å². The third kappa shape index (κ3) is 2.53. The van der Waals surface area contributed by atoms with E-state index in [2.05, 4.69) is 15.3 Å². The number of aromatic nitrogens is 2. The van der Waals surface area contributed by atoms with Crippen molar-refractivity contribution in [1.82, 2.24) is 15.3 Å². The van der Waals surface area contributed by atoms with Gasteiger partial charge in [-0.1, -0.05) is 12.2 Å². The van der Waals surface area contributed by atoms with Crippen molar-refractivity contribution >= 4 is 34.8 Å². The first kappa shape index (κ1) is 11.4. The molecule has 3 N–H and O–H groups in total. The molecule has 1 saturated heterocycles. The number of hydrogen-bond acceptors (Lipinski definition) is 6. The molecule has 0 unspecified atom stereocenters. The van der Waals surface area contributed by atoms with Crippen LogP contribution in [0.5, 0.6) is 0 Å². The number of hydrogen-bond donors (Lipinski definition) is 2. The second-order valence-corrected chi connectivity index (χ2v) is 3.89. The summed E-state index contributed by atoms with van der Waals surface area (Å²) < 4.78 is 0. The Morgan fingerprint density at radius 3 is 2.41 bits per heavy atom. The number of nitrogens with zero attached hydrogens (tertiary/aromatic N) is 3. The van der Waals surface area contributed by atoms with Crippen molar-refractivity contribution in [2.75, 3.05) is 18.0 Å². The number of amides is 2. The van der Waals surface area contributed by atoms with Crippen LogP contribution in [0.4, 0.5) is 5.82 Å². The van der Waals surface area contributed by atoms with Gasteiger partial charge in [-0.2, -0.15) is 0 Å². The third-order valence-electron chi connectivity index (χ3n) is 2.16. The summed E-state index contributed by atoms with van der Waals surface area (Å²) in [5, 5.41) is 2.20. The van der Waals surface area contributed by atoms with Crippen LogP contribution in [0.25, 0.3) is 0 Å². The van der Waals surface area contributed by atoms with Gasteiger partial charge < -0.3 is 10.6 Å². The lowest BCUT2D eigenvalue weighted by atomic mass is 10.3. The molecule has 8 heteroatoms. The Balaban J connectivity index is 2.19. The van der Waals surface area contributed by atoms with Gasteiger partial charge in [-0.15, -0.1) is 0 Å². The van der Waals surface area contributed by atoms with Gasteiger partial charge >= 0.3 is 0 Å². The van der Waals surface area contributed by atoms with E-state index in [1.807, 2.05) is 0 Å². The molecule has 0 atom stereocenters. The number of piperazine rings is 1. The average molecular weight is 251 g/mol. The van der Waals surface area contributed by atoms with Crippen molar-refractivity contribution in [1.29, 1.82) is 0 Å². The van der Waals surface area contributed by atoms with Crippen LogP contribution in [0.3, 0.4) is 0 Å². The smallest absolute Gasteiger partial charge is 0.246 e. The summed E-state index contributed by atoms with van der Waals surface area (Å²) in [6.07, 6.45) is 2.84. The van der Waals surface area contributed by atoms with E-state index in [9.17, 15) is 9.59 Å². The molecule has 7 nitrogen and oxygen atoms in total. The van der Waals surface area contributed by atoms with Crippen molar-refractivity contribution < 1.29 is 9.59 Å². The van der Waals surface area contributed by atoms with Crippen molar-refractivity contribution in [2.45, 2.75) is 0 Å². The van der Waals surface area contributed by atoms with Gasteiger partial charge in [0.25, 0.3) is 0 Å². The van der Waals surface area contributed by atoms with Gasteiger partial charge in [0.2, 0.25) is 11.8 Å². The molecular formula is C9H9N5O2S. The summed E-state index contributed by atoms with van der Waals surface area (Å²) in [6, 6.07) is 0. The van der Waals surface area contributed by atoms with E-state index in [4.69, 9.17) is 18.0 Å². The maximum atomic E-state index is 11.2. The minimum Gasteiger partial charge on any atom is -0.388 e. The van der Waals surface area contributed by atoms with E-state index >= 15 is 0 Å². The largest absolute Gasteiger partial charge is 0.388 e. The number of thiocarbonyl (C=S) groups is 1. The first-order valence-corrected chi connectivity index (χ1v) is 5.16. The van der Waals surface area contributed by atoms with Crippen LogP contribution in [0.15, 0.2) is 12.4 Å². The molecule has 0 bridgehead atoms. The molecule has 88 valence electrons. The van der Waals surface area contributed by atoms with Gasteiger partial charge in [-0.3, -0.25) is 14.9 Å². The Hall–Kier alpha value is -2.09. The van der Waals surface area contributed by atoms with Crippen molar-refractivity contribution in [3.05, 3.63) is 18.1 Å². The highest BCUT2D eigenvalue weighted by molar-refractivity contribution is 7.80. The Bertz CT molecular complexity index is 471. The normalized spacial score (nSPS) is 15.6. The number of rotatable bonds is 2. The van der Waals surface area contributed by atoms with Crippen molar-refractivity contribution in [2.24, 2.45) is 5.73 Å². The highest BCUT2D eigenvalue weighted by Crippen LogP contribution is 2.10. The Kier molecular flexibility index (Phi) is 2.96. The minimum atomic E-state index is -0.360. The molecule has 1 aliphatic rings. The van der Waals surface area contributed by atoms with Crippen LogP contribution in [0.1, 0.15) is 5.69 Å². The maximum Gasteiger partial charge on any atom is 0.246 e. The molecule has 0 spiro atoms. The number of carbonyl (C=O) groups is 2. The summed E-state index contributed by atoms with van der Waals surface area (Å²) in [5.41, 5.74) is 5.78. The highest BCUT2D eigenvalue weighted by atomic mass is 32.1. The lowest BCUT2D eigenvalue weighted by Crippen LogP contribution is -2.51. The van der Waals surface area contributed by atoms with Crippen LogP contribution in [0.2, 0.25) is 0 Å². The predicted molar refractivity (Wildman–Crippen MR) is 63.3 cm³/mol. The molecule has 2 amide bonds. The molecule has 0 aromatic carbocycles. The number of imide groups is 1. The number of nitrogens with one attached hydrogen (secondary N) is 1. The average Bonchev–Trinajstić information content (AvgIpc) is 2.28. The Morgan fingerprint density at radius 2 is 1.94 bits per heavy atom. The summed E-state index contributed by atoms with van der Waals surface area (Å²) in [4.78, 5) is 32.1. The lowest BCUT2D eigenvalue weighted by Gasteiger charge is -2.25. The van der Waals surface area contributed by atoms with E-state index in [1.54, 1.807) is 0 Å². The van der Waals surface area contributed by atoms with Gasteiger partial charge in [0, 0.05) is 0 Å². The fraction of sp³-hybridized carbons (Fsp3) is 0.222. The van der Waals surface area contributed by atoms with E-state index in [-0.39, 0.29) is 29.9 Å². The molecule has 17 heavy (non-hydrogen) atoms. The molecule has 1 aromatic rings. The van der Waals surface area contributed by atoms with E-state index in [1.165, 1.54) is 17.3 Å². The molecule has 0 radical (unpaired) electrons. The summed E-state index contributed by atoms with van der Waals surface area (Å²) in [6.45, 7) is 0.152. The van der Waals surface area contributed by atoms with Crippen LogP contribution in [-0.4, -0.2) is 39.9 Å². The first-order valence-electron chi connectivity index (χ1n) is 4.76. The van der Waals surface area contributed by atoms with E-state index in [0.29, 0.717) is 11.5 Å². The number of carbonyl (C=O) groups excluding carboxylic acids is 2. The Morgan fingerprint density at radius 1 is 1.29 bits per heavy atom. The highest BCUT2D eigenvalue weighted by Gasteiger charge is 2.23. The second-order valence-electron chi connectivity index (χ2n) is 3.45. The minimum absolute atomic E-state index is 0.0762. The van der Waals surface area contributed by atoms with Gasteiger partial charge in [-0.25, -0.2) is 9.97 Å². The fourth-order valence-corrected chi connectivity index (χ4v) is 1.52. The second kappa shape index (κ2) is 4.42. The molecule has 0 aliphatic carbocycles. The Labute approximate surface area is 102 Å². The van der Waals surface area contributed by atoms with Crippen molar-refractivity contribution in [3.63, 3.8) is 0 Å². The quantitative estimate of drug-likeness (QED) is 0.491. The van der Waals surface area contributed by atoms with Crippen molar-refractivity contribution in [3.8, 4) is 0 Å².